The van der Waals surface area contributed by atoms with Crippen molar-refractivity contribution < 1.29 is 9.84 Å². The Balaban J connectivity index is 0.000000684. The van der Waals surface area contributed by atoms with Crippen LogP contribution >= 0.6 is 0 Å². The minimum Gasteiger partial charge on any atom is -0.396 e. The molecule has 0 aliphatic heterocycles. The summed E-state index contributed by atoms with van der Waals surface area (Å²) in [6.45, 7) is 17.0. The molecule has 1 aliphatic rings. The van der Waals surface area contributed by atoms with Crippen molar-refractivity contribution in [3.63, 3.8) is 0 Å². The lowest BCUT2D eigenvalue weighted by Gasteiger charge is -2.27. The van der Waals surface area contributed by atoms with Crippen molar-refractivity contribution in [2.75, 3.05) is 13.2 Å². The summed E-state index contributed by atoms with van der Waals surface area (Å²) in [5.74, 6) is 4.14. The largest absolute Gasteiger partial charge is 0.396 e. The van der Waals surface area contributed by atoms with Gasteiger partial charge in [-0.25, -0.2) is 0 Å². The molecular formula is C26H54O2. The molecule has 2 nitrogen and oxygen atoms in total. The SMILES string of the molecule is CC(C)CCCC(C)CCCC1CCC(CO)CC1.CC(C)CCOC(C)C. The number of aliphatic hydroxyl groups excluding tert-OH is 1. The van der Waals surface area contributed by atoms with Crippen molar-refractivity contribution in [2.45, 2.75) is 125 Å². The van der Waals surface area contributed by atoms with Crippen LogP contribution in [0.1, 0.15) is 119 Å². The second kappa shape index (κ2) is 17.8. The van der Waals surface area contributed by atoms with Gasteiger partial charge >= 0.3 is 0 Å². The maximum absolute atomic E-state index is 9.15. The van der Waals surface area contributed by atoms with Crippen LogP contribution in [0.2, 0.25) is 0 Å². The second-order valence-electron chi connectivity index (χ2n) is 10.5. The Morgan fingerprint density at radius 3 is 1.75 bits per heavy atom. The summed E-state index contributed by atoms with van der Waals surface area (Å²) in [6, 6.07) is 0. The summed E-state index contributed by atoms with van der Waals surface area (Å²) < 4.78 is 5.35. The molecule has 1 atom stereocenters. The normalized spacial score (nSPS) is 21.1. The molecule has 1 aliphatic carbocycles. The lowest BCUT2D eigenvalue weighted by atomic mass is 9.79. The number of hydrogen-bond donors (Lipinski definition) is 1. The van der Waals surface area contributed by atoms with Gasteiger partial charge in [0.2, 0.25) is 0 Å². The smallest absolute Gasteiger partial charge is 0.0518 e. The molecule has 0 amide bonds. The Labute approximate surface area is 178 Å². The third-order valence-electron chi connectivity index (χ3n) is 6.16. The summed E-state index contributed by atoms with van der Waals surface area (Å²) in [6.07, 6.45) is 15.4. The van der Waals surface area contributed by atoms with Gasteiger partial charge in [0.1, 0.15) is 0 Å². The molecular weight excluding hydrogens is 344 g/mol. The molecule has 1 saturated carbocycles. The standard InChI is InChI=1S/C18H36O.C8H18O/c1-15(2)6-4-7-16(3)8-5-9-17-10-12-18(14-19)13-11-17;1-7(2)5-6-9-8(3)4/h15-19H,4-14H2,1-3H3;7-8H,5-6H2,1-4H3. The molecule has 0 bridgehead atoms. The van der Waals surface area contributed by atoms with Crippen LogP contribution in [0, 0.1) is 29.6 Å². The monoisotopic (exact) mass is 398 g/mol. The molecule has 0 spiro atoms. The molecule has 0 aromatic carbocycles. The number of ether oxygens (including phenoxy) is 1. The van der Waals surface area contributed by atoms with Gasteiger partial charge in [-0.2, -0.15) is 0 Å². The van der Waals surface area contributed by atoms with Gasteiger partial charge in [0.25, 0.3) is 0 Å². The van der Waals surface area contributed by atoms with Gasteiger partial charge in [0.15, 0.2) is 0 Å². The summed E-state index contributed by atoms with van der Waals surface area (Å²) in [4.78, 5) is 0. The molecule has 0 aromatic rings. The first-order chi connectivity index (χ1) is 13.2. The van der Waals surface area contributed by atoms with E-state index in [4.69, 9.17) is 9.84 Å². The Bertz CT molecular complexity index is 308. The van der Waals surface area contributed by atoms with Crippen LogP contribution in [0.25, 0.3) is 0 Å². The summed E-state index contributed by atoms with van der Waals surface area (Å²) in [5, 5.41) is 9.15. The van der Waals surface area contributed by atoms with Gasteiger partial charge in [-0.3, -0.25) is 0 Å². The fourth-order valence-electron chi connectivity index (χ4n) is 4.02. The Kier molecular flexibility index (Phi) is 17.7. The van der Waals surface area contributed by atoms with Crippen molar-refractivity contribution in [1.29, 1.82) is 0 Å². The molecule has 0 radical (unpaired) electrons. The first-order valence-electron chi connectivity index (χ1n) is 12.5. The van der Waals surface area contributed by atoms with E-state index in [-0.39, 0.29) is 0 Å². The average Bonchev–Trinajstić information content (AvgIpc) is 2.62. The Morgan fingerprint density at radius 1 is 0.714 bits per heavy atom. The van der Waals surface area contributed by atoms with Gasteiger partial charge in [-0.1, -0.05) is 86.0 Å². The van der Waals surface area contributed by atoms with E-state index in [2.05, 4.69) is 48.5 Å². The maximum atomic E-state index is 9.15. The molecule has 28 heavy (non-hydrogen) atoms. The molecule has 0 heterocycles. The van der Waals surface area contributed by atoms with Crippen molar-refractivity contribution in [3.05, 3.63) is 0 Å². The number of aliphatic hydroxyl groups is 1. The minimum atomic E-state index is 0.392. The lowest BCUT2D eigenvalue weighted by Crippen LogP contribution is -2.17. The highest BCUT2D eigenvalue weighted by Crippen LogP contribution is 2.32. The average molecular weight is 399 g/mol. The second-order valence-corrected chi connectivity index (χ2v) is 10.5. The summed E-state index contributed by atoms with van der Waals surface area (Å²) in [5.41, 5.74) is 0. The zero-order valence-electron chi connectivity index (χ0n) is 20.5. The van der Waals surface area contributed by atoms with Crippen LogP contribution in [0.4, 0.5) is 0 Å². The van der Waals surface area contributed by atoms with Gasteiger partial charge in [0.05, 0.1) is 6.10 Å². The number of rotatable bonds is 13. The molecule has 0 aromatic heterocycles. The molecule has 1 rings (SSSR count). The van der Waals surface area contributed by atoms with Crippen LogP contribution < -0.4 is 0 Å². The highest BCUT2D eigenvalue weighted by Gasteiger charge is 2.20. The fourth-order valence-corrected chi connectivity index (χ4v) is 4.02. The molecule has 1 N–H and O–H groups in total. The third-order valence-corrected chi connectivity index (χ3v) is 6.16. The van der Waals surface area contributed by atoms with Crippen LogP contribution in [-0.4, -0.2) is 24.4 Å². The Hall–Kier alpha value is -0.0800. The van der Waals surface area contributed by atoms with Crippen molar-refractivity contribution in [2.24, 2.45) is 29.6 Å². The van der Waals surface area contributed by atoms with Gasteiger partial charge < -0.3 is 9.84 Å². The Morgan fingerprint density at radius 2 is 1.25 bits per heavy atom. The van der Waals surface area contributed by atoms with Crippen molar-refractivity contribution in [3.8, 4) is 0 Å². The van der Waals surface area contributed by atoms with Crippen LogP contribution in [-0.2, 0) is 4.74 Å². The van der Waals surface area contributed by atoms with E-state index in [1.807, 2.05) is 0 Å². The van der Waals surface area contributed by atoms with Crippen molar-refractivity contribution in [1.82, 2.24) is 0 Å². The van der Waals surface area contributed by atoms with E-state index in [0.717, 1.165) is 30.3 Å². The first-order valence-corrected chi connectivity index (χ1v) is 12.5. The van der Waals surface area contributed by atoms with Crippen molar-refractivity contribution >= 4 is 0 Å². The van der Waals surface area contributed by atoms with Crippen LogP contribution in [0.15, 0.2) is 0 Å². The highest BCUT2D eigenvalue weighted by atomic mass is 16.5. The molecule has 0 saturated heterocycles. The predicted molar refractivity (Wildman–Crippen MR) is 125 cm³/mol. The van der Waals surface area contributed by atoms with E-state index in [1.165, 1.54) is 70.6 Å². The molecule has 1 unspecified atom stereocenters. The summed E-state index contributed by atoms with van der Waals surface area (Å²) in [7, 11) is 0. The topological polar surface area (TPSA) is 29.5 Å². The zero-order valence-corrected chi connectivity index (χ0v) is 20.5. The molecule has 170 valence electrons. The van der Waals surface area contributed by atoms with E-state index < -0.39 is 0 Å². The van der Waals surface area contributed by atoms with Crippen LogP contribution in [0.3, 0.4) is 0 Å². The maximum Gasteiger partial charge on any atom is 0.0518 e. The fraction of sp³-hybridized carbons (Fsp3) is 1.00. The minimum absolute atomic E-state index is 0.392. The predicted octanol–water partition coefficient (Wildman–Crippen LogP) is 7.88. The highest BCUT2D eigenvalue weighted by molar-refractivity contribution is 4.72. The molecule has 1 fully saturated rings. The van der Waals surface area contributed by atoms with Gasteiger partial charge in [-0.05, 0) is 62.7 Å². The van der Waals surface area contributed by atoms with E-state index in [0.29, 0.717) is 18.6 Å². The van der Waals surface area contributed by atoms with E-state index in [1.54, 1.807) is 0 Å². The van der Waals surface area contributed by atoms with Gasteiger partial charge in [-0.15, -0.1) is 0 Å². The van der Waals surface area contributed by atoms with Crippen LogP contribution in [0.5, 0.6) is 0 Å². The first kappa shape index (κ1) is 27.9. The zero-order chi connectivity index (χ0) is 21.4. The lowest BCUT2D eigenvalue weighted by molar-refractivity contribution is 0.0710. The molecule has 2 heteroatoms. The third kappa shape index (κ3) is 18.0. The van der Waals surface area contributed by atoms with E-state index in [9.17, 15) is 0 Å². The summed E-state index contributed by atoms with van der Waals surface area (Å²) >= 11 is 0. The number of hydrogen-bond acceptors (Lipinski definition) is 2. The van der Waals surface area contributed by atoms with Gasteiger partial charge in [0, 0.05) is 13.2 Å². The quantitative estimate of drug-likeness (QED) is 0.342. The van der Waals surface area contributed by atoms with E-state index >= 15 is 0 Å².